The number of benzene rings is 2. The van der Waals surface area contributed by atoms with Crippen LogP contribution in [0.3, 0.4) is 0 Å². The third-order valence-corrected chi connectivity index (χ3v) is 5.28. The van der Waals surface area contributed by atoms with Gasteiger partial charge in [0.05, 0.1) is 11.8 Å². The molecule has 1 N–H and O–H groups in total. The Labute approximate surface area is 168 Å². The first-order chi connectivity index (χ1) is 13.6. The highest BCUT2D eigenvalue weighted by Crippen LogP contribution is 2.28. The van der Waals surface area contributed by atoms with E-state index in [0.29, 0.717) is 24.1 Å². The highest BCUT2D eigenvalue weighted by molar-refractivity contribution is 8.00. The quantitative estimate of drug-likeness (QED) is 0.580. The molecule has 0 aliphatic heterocycles. The summed E-state index contributed by atoms with van der Waals surface area (Å²) < 4.78 is 15.3. The van der Waals surface area contributed by atoms with Gasteiger partial charge in [-0.2, -0.15) is 0 Å². The van der Waals surface area contributed by atoms with Crippen molar-refractivity contribution in [2.45, 2.75) is 37.2 Å². The zero-order valence-corrected chi connectivity index (χ0v) is 16.7. The van der Waals surface area contributed by atoms with Crippen LogP contribution in [0.25, 0.3) is 11.4 Å². The molecule has 0 aliphatic rings. The number of hydrogen-bond donors (Lipinski definition) is 1. The van der Waals surface area contributed by atoms with Crippen molar-refractivity contribution in [3.05, 3.63) is 66.0 Å². The van der Waals surface area contributed by atoms with E-state index >= 15 is 0 Å². The predicted octanol–water partition coefficient (Wildman–Crippen LogP) is 4.14. The van der Waals surface area contributed by atoms with E-state index in [2.05, 4.69) is 15.5 Å². The summed E-state index contributed by atoms with van der Waals surface area (Å²) in [6, 6.07) is 16.2. The molecule has 1 atom stereocenters. The van der Waals surface area contributed by atoms with Gasteiger partial charge in [-0.1, -0.05) is 49.0 Å². The van der Waals surface area contributed by atoms with E-state index in [1.165, 1.54) is 23.9 Å². The molecule has 1 heterocycles. The van der Waals surface area contributed by atoms with Crippen molar-refractivity contribution >= 4 is 17.7 Å². The fourth-order valence-corrected chi connectivity index (χ4v) is 3.57. The van der Waals surface area contributed by atoms with Gasteiger partial charge in [-0.15, -0.1) is 10.2 Å². The number of carbonyl (C=O) groups is 1. The normalized spacial score (nSPS) is 12.0. The maximum atomic E-state index is 13.3. The smallest absolute Gasteiger partial charge is 0.233 e. The summed E-state index contributed by atoms with van der Waals surface area (Å²) in [5, 5.41) is 11.9. The van der Waals surface area contributed by atoms with Crippen LogP contribution in [0, 0.1) is 5.82 Å². The molecule has 3 aromatic rings. The molecule has 0 bridgehead atoms. The van der Waals surface area contributed by atoms with Gasteiger partial charge in [-0.25, -0.2) is 4.39 Å². The van der Waals surface area contributed by atoms with Crippen molar-refractivity contribution in [2.75, 3.05) is 6.54 Å². The molecular weight excluding hydrogens is 375 g/mol. The molecule has 0 saturated heterocycles. The molecule has 2 aromatic carbocycles. The predicted molar refractivity (Wildman–Crippen MR) is 110 cm³/mol. The van der Waals surface area contributed by atoms with E-state index in [9.17, 15) is 9.18 Å². The van der Waals surface area contributed by atoms with Crippen LogP contribution in [-0.2, 0) is 11.3 Å². The minimum atomic E-state index is -0.300. The van der Waals surface area contributed by atoms with Crippen molar-refractivity contribution in [3.63, 3.8) is 0 Å². The highest BCUT2D eigenvalue weighted by Gasteiger charge is 2.21. The van der Waals surface area contributed by atoms with Gasteiger partial charge in [0.1, 0.15) is 5.82 Å². The summed E-state index contributed by atoms with van der Waals surface area (Å²) in [6.45, 7) is 5.09. The van der Waals surface area contributed by atoms with Crippen molar-refractivity contribution in [1.29, 1.82) is 0 Å². The Bertz CT molecular complexity index is 912. The Kier molecular flexibility index (Phi) is 6.81. The third kappa shape index (κ3) is 4.98. The van der Waals surface area contributed by atoms with Crippen LogP contribution in [-0.4, -0.2) is 32.5 Å². The fraction of sp³-hybridized carbons (Fsp3) is 0.286. The van der Waals surface area contributed by atoms with Crippen LogP contribution in [0.2, 0.25) is 0 Å². The Morgan fingerprint density at radius 1 is 1.14 bits per heavy atom. The third-order valence-electron chi connectivity index (χ3n) is 4.20. The molecule has 1 amide bonds. The Hall–Kier alpha value is -2.67. The molecule has 3 rings (SSSR count). The molecule has 28 heavy (non-hydrogen) atoms. The number of amides is 1. The average Bonchev–Trinajstić information content (AvgIpc) is 3.09. The Morgan fingerprint density at radius 3 is 2.54 bits per heavy atom. The lowest BCUT2D eigenvalue weighted by Crippen LogP contribution is -2.31. The van der Waals surface area contributed by atoms with Crippen molar-refractivity contribution in [2.24, 2.45) is 0 Å². The minimum Gasteiger partial charge on any atom is -0.355 e. The first kappa shape index (κ1) is 20.1. The standard InChI is InChI=1S/C21H23FN4OS/c1-3-13-23-20(27)15(2)28-21-25-24-19(17-9-11-18(22)12-10-17)26(21)14-16-7-5-4-6-8-16/h4-12,15H,3,13-14H2,1-2H3,(H,23,27)/t15-/m1/s1. The van der Waals surface area contributed by atoms with E-state index in [1.54, 1.807) is 12.1 Å². The van der Waals surface area contributed by atoms with Crippen molar-refractivity contribution in [3.8, 4) is 11.4 Å². The Morgan fingerprint density at radius 2 is 1.86 bits per heavy atom. The van der Waals surface area contributed by atoms with Crippen LogP contribution in [0.1, 0.15) is 25.8 Å². The monoisotopic (exact) mass is 398 g/mol. The summed E-state index contributed by atoms with van der Waals surface area (Å²) in [7, 11) is 0. The number of nitrogens with one attached hydrogen (secondary N) is 1. The zero-order chi connectivity index (χ0) is 19.9. The SMILES string of the molecule is CCCNC(=O)[C@@H](C)Sc1nnc(-c2ccc(F)cc2)n1Cc1ccccc1. The lowest BCUT2D eigenvalue weighted by molar-refractivity contribution is -0.120. The number of nitrogens with zero attached hydrogens (tertiary/aromatic N) is 3. The summed E-state index contributed by atoms with van der Waals surface area (Å²) >= 11 is 1.37. The van der Waals surface area contributed by atoms with Crippen LogP contribution < -0.4 is 5.32 Å². The molecule has 0 spiro atoms. The van der Waals surface area contributed by atoms with Gasteiger partial charge in [0.2, 0.25) is 5.91 Å². The fourth-order valence-electron chi connectivity index (χ4n) is 2.70. The number of carbonyl (C=O) groups excluding carboxylic acids is 1. The van der Waals surface area contributed by atoms with Crippen LogP contribution >= 0.6 is 11.8 Å². The summed E-state index contributed by atoms with van der Waals surface area (Å²) in [4.78, 5) is 12.3. The molecule has 0 radical (unpaired) electrons. The van der Waals surface area contributed by atoms with Crippen molar-refractivity contribution < 1.29 is 9.18 Å². The first-order valence-corrected chi connectivity index (χ1v) is 10.1. The van der Waals surface area contributed by atoms with Gasteiger partial charge in [0.15, 0.2) is 11.0 Å². The van der Waals surface area contributed by atoms with Gasteiger partial charge in [-0.05, 0) is 43.2 Å². The van der Waals surface area contributed by atoms with Gasteiger partial charge >= 0.3 is 0 Å². The topological polar surface area (TPSA) is 59.8 Å². The molecule has 5 nitrogen and oxygen atoms in total. The van der Waals surface area contributed by atoms with Crippen LogP contribution in [0.5, 0.6) is 0 Å². The number of thioether (sulfide) groups is 1. The number of halogens is 1. The lowest BCUT2D eigenvalue weighted by atomic mass is 10.2. The second-order valence-corrected chi connectivity index (χ2v) is 7.74. The van der Waals surface area contributed by atoms with Gasteiger partial charge in [-0.3, -0.25) is 9.36 Å². The average molecular weight is 399 g/mol. The Balaban J connectivity index is 1.91. The second-order valence-electron chi connectivity index (χ2n) is 6.44. The van der Waals surface area contributed by atoms with Gasteiger partial charge in [0.25, 0.3) is 0 Å². The summed E-state index contributed by atoms with van der Waals surface area (Å²) in [5.41, 5.74) is 1.87. The van der Waals surface area contributed by atoms with E-state index in [-0.39, 0.29) is 17.0 Å². The number of aromatic nitrogens is 3. The van der Waals surface area contributed by atoms with E-state index in [4.69, 9.17) is 0 Å². The van der Waals surface area contributed by atoms with Gasteiger partial charge in [0, 0.05) is 12.1 Å². The maximum absolute atomic E-state index is 13.3. The molecule has 0 saturated carbocycles. The molecule has 1 aromatic heterocycles. The van der Waals surface area contributed by atoms with E-state index in [0.717, 1.165) is 17.5 Å². The molecule has 146 valence electrons. The number of hydrogen-bond acceptors (Lipinski definition) is 4. The van der Waals surface area contributed by atoms with Crippen LogP contribution in [0.4, 0.5) is 4.39 Å². The molecular formula is C21H23FN4OS. The highest BCUT2D eigenvalue weighted by atomic mass is 32.2. The molecule has 7 heteroatoms. The molecule has 0 aliphatic carbocycles. The van der Waals surface area contributed by atoms with Gasteiger partial charge < -0.3 is 5.32 Å². The van der Waals surface area contributed by atoms with E-state index < -0.39 is 0 Å². The largest absolute Gasteiger partial charge is 0.355 e. The minimum absolute atomic E-state index is 0.0237. The maximum Gasteiger partial charge on any atom is 0.233 e. The summed E-state index contributed by atoms with van der Waals surface area (Å²) in [6.07, 6.45) is 0.891. The molecule has 0 fully saturated rings. The lowest BCUT2D eigenvalue weighted by Gasteiger charge is -2.14. The van der Waals surface area contributed by atoms with Crippen LogP contribution in [0.15, 0.2) is 59.8 Å². The van der Waals surface area contributed by atoms with E-state index in [1.807, 2.05) is 48.7 Å². The number of rotatable bonds is 8. The second kappa shape index (κ2) is 9.50. The zero-order valence-electron chi connectivity index (χ0n) is 15.9. The first-order valence-electron chi connectivity index (χ1n) is 9.26. The van der Waals surface area contributed by atoms with Crippen molar-refractivity contribution in [1.82, 2.24) is 20.1 Å². The molecule has 0 unspecified atom stereocenters. The summed E-state index contributed by atoms with van der Waals surface area (Å²) in [5.74, 6) is 0.325.